The van der Waals surface area contributed by atoms with Gasteiger partial charge in [0.05, 0.1) is 6.61 Å². The van der Waals surface area contributed by atoms with E-state index >= 15 is 0 Å². The Labute approximate surface area is 117 Å². The molecule has 20 heavy (non-hydrogen) atoms. The summed E-state index contributed by atoms with van der Waals surface area (Å²) in [5, 5.41) is 3.93. The van der Waals surface area contributed by atoms with E-state index in [9.17, 15) is 4.79 Å². The number of ether oxygens (including phenoxy) is 1. The average molecular weight is 271 g/mol. The van der Waals surface area contributed by atoms with E-state index in [0.29, 0.717) is 18.0 Å². The summed E-state index contributed by atoms with van der Waals surface area (Å²) >= 11 is 0. The Morgan fingerprint density at radius 2 is 2.10 bits per heavy atom. The zero-order valence-corrected chi connectivity index (χ0v) is 11.6. The lowest BCUT2D eigenvalue weighted by Crippen LogP contribution is -1.98. The van der Waals surface area contributed by atoms with Gasteiger partial charge in [0.25, 0.3) is 0 Å². The fourth-order valence-corrected chi connectivity index (χ4v) is 1.64. The fraction of sp³-hybridized carbons (Fsp3) is 0.267. The molecule has 2 rings (SSSR count). The molecule has 1 aromatic carbocycles. The average Bonchev–Trinajstić information content (AvgIpc) is 2.88. The van der Waals surface area contributed by atoms with Crippen LogP contribution in [0.15, 0.2) is 36.7 Å². The highest BCUT2D eigenvalue weighted by Gasteiger charge is 2.03. The van der Waals surface area contributed by atoms with Crippen LogP contribution >= 0.6 is 0 Å². The van der Waals surface area contributed by atoms with Crippen molar-refractivity contribution >= 4 is 11.9 Å². The summed E-state index contributed by atoms with van der Waals surface area (Å²) in [5.41, 5.74) is 0.618. The summed E-state index contributed by atoms with van der Waals surface area (Å²) in [7, 11) is 1.77. The third-order valence-corrected chi connectivity index (χ3v) is 2.74. The van der Waals surface area contributed by atoms with Gasteiger partial charge in [-0.15, -0.1) is 0 Å². The van der Waals surface area contributed by atoms with E-state index in [1.165, 1.54) is 12.4 Å². The molecule has 0 aliphatic carbocycles. The van der Waals surface area contributed by atoms with E-state index in [4.69, 9.17) is 4.74 Å². The van der Waals surface area contributed by atoms with Crippen molar-refractivity contribution in [2.45, 2.75) is 13.3 Å². The van der Waals surface area contributed by atoms with Crippen molar-refractivity contribution < 1.29 is 9.53 Å². The van der Waals surface area contributed by atoms with Crippen LogP contribution in [0, 0.1) is 0 Å². The molecule has 5 heteroatoms. The van der Waals surface area contributed by atoms with Crippen molar-refractivity contribution in [3.63, 3.8) is 0 Å². The molecular formula is C15H17N3O2. The number of benzene rings is 1. The van der Waals surface area contributed by atoms with Gasteiger partial charge in [-0.3, -0.25) is 4.79 Å². The van der Waals surface area contributed by atoms with Crippen molar-refractivity contribution in [1.29, 1.82) is 0 Å². The number of carbonyl (C=O) groups excluding carboxylic acids is 1. The predicted molar refractivity (Wildman–Crippen MR) is 76.6 cm³/mol. The Morgan fingerprint density at radius 1 is 1.35 bits per heavy atom. The summed E-state index contributed by atoms with van der Waals surface area (Å²) in [6.45, 7) is 2.73. The first-order valence-electron chi connectivity index (χ1n) is 6.50. The topological polar surface area (TPSA) is 57.0 Å². The van der Waals surface area contributed by atoms with Crippen LogP contribution in [0.1, 0.15) is 29.5 Å². The first-order chi connectivity index (χ1) is 9.70. The van der Waals surface area contributed by atoms with Crippen LogP contribution in [0.4, 0.5) is 0 Å². The summed E-state index contributed by atoms with van der Waals surface area (Å²) in [6, 6.07) is 7.13. The quantitative estimate of drug-likeness (QED) is 0.598. The molecule has 0 aliphatic rings. The van der Waals surface area contributed by atoms with E-state index in [1.807, 2.05) is 0 Å². The summed E-state index contributed by atoms with van der Waals surface area (Å²) < 4.78 is 7.08. The van der Waals surface area contributed by atoms with Gasteiger partial charge in [0.2, 0.25) is 0 Å². The van der Waals surface area contributed by atoms with Crippen LogP contribution in [-0.2, 0) is 7.05 Å². The molecule has 0 atom stereocenters. The summed E-state index contributed by atoms with van der Waals surface area (Å²) in [6.07, 6.45) is 5.55. The molecule has 1 aromatic heterocycles. The third kappa shape index (κ3) is 3.54. The molecule has 0 spiro atoms. The van der Waals surface area contributed by atoms with Gasteiger partial charge in [-0.2, -0.15) is 5.10 Å². The van der Waals surface area contributed by atoms with Crippen molar-refractivity contribution in [3.8, 4) is 5.75 Å². The molecule has 0 N–H and O–H groups in total. The van der Waals surface area contributed by atoms with Crippen LogP contribution in [0.2, 0.25) is 0 Å². The number of ketones is 1. The number of allylic oxidation sites excluding steroid dienone is 1. The van der Waals surface area contributed by atoms with Crippen molar-refractivity contribution in [1.82, 2.24) is 14.8 Å². The standard InChI is InChI=1S/C15H17N3O2/c1-3-10-20-13-6-4-12(5-7-13)14(19)8-9-15-16-11-17-18(15)2/h4-9,11H,3,10H2,1-2H3/b9-8+. The van der Waals surface area contributed by atoms with Gasteiger partial charge in [0, 0.05) is 12.6 Å². The minimum absolute atomic E-state index is 0.0740. The number of carbonyl (C=O) groups is 1. The monoisotopic (exact) mass is 271 g/mol. The third-order valence-electron chi connectivity index (χ3n) is 2.74. The van der Waals surface area contributed by atoms with Crippen molar-refractivity contribution in [2.24, 2.45) is 7.05 Å². The molecule has 0 unspecified atom stereocenters. The second kappa shape index (κ2) is 6.65. The highest BCUT2D eigenvalue weighted by molar-refractivity contribution is 6.06. The summed E-state index contributed by atoms with van der Waals surface area (Å²) in [4.78, 5) is 16.0. The largest absolute Gasteiger partial charge is 0.494 e. The molecule has 0 aliphatic heterocycles. The molecule has 0 saturated carbocycles. The van der Waals surface area contributed by atoms with Crippen LogP contribution < -0.4 is 4.74 Å². The maximum Gasteiger partial charge on any atom is 0.185 e. The van der Waals surface area contributed by atoms with Crippen LogP contribution in [0.3, 0.4) is 0 Å². The summed E-state index contributed by atoms with van der Waals surface area (Å²) in [5.74, 6) is 1.34. The van der Waals surface area contributed by atoms with E-state index in [0.717, 1.165) is 12.2 Å². The number of aryl methyl sites for hydroxylation is 1. The maximum absolute atomic E-state index is 12.0. The lowest BCUT2D eigenvalue weighted by molar-refractivity contribution is 0.104. The SMILES string of the molecule is CCCOc1ccc(C(=O)/C=C/c2ncnn2C)cc1. The number of nitrogens with zero attached hydrogens (tertiary/aromatic N) is 3. The Morgan fingerprint density at radius 3 is 2.70 bits per heavy atom. The lowest BCUT2D eigenvalue weighted by atomic mass is 10.1. The van der Waals surface area contributed by atoms with Crippen molar-refractivity contribution in [3.05, 3.63) is 48.1 Å². The second-order valence-electron chi connectivity index (χ2n) is 4.31. The molecule has 2 aromatic rings. The minimum Gasteiger partial charge on any atom is -0.494 e. The predicted octanol–water partition coefficient (Wildman–Crippen LogP) is 2.50. The Kier molecular flexibility index (Phi) is 4.65. The Hall–Kier alpha value is -2.43. The molecule has 104 valence electrons. The van der Waals surface area contributed by atoms with Gasteiger partial charge in [-0.1, -0.05) is 6.92 Å². The lowest BCUT2D eigenvalue weighted by Gasteiger charge is -2.04. The molecule has 0 fully saturated rings. The zero-order chi connectivity index (χ0) is 14.4. The minimum atomic E-state index is -0.0740. The van der Waals surface area contributed by atoms with Gasteiger partial charge in [0.15, 0.2) is 11.6 Å². The van der Waals surface area contributed by atoms with E-state index in [2.05, 4.69) is 17.0 Å². The van der Waals surface area contributed by atoms with E-state index in [-0.39, 0.29) is 5.78 Å². The smallest absolute Gasteiger partial charge is 0.185 e. The normalized spacial score (nSPS) is 10.9. The van der Waals surface area contributed by atoms with Crippen LogP contribution in [-0.4, -0.2) is 27.2 Å². The Bertz CT molecular complexity index is 600. The first-order valence-corrected chi connectivity index (χ1v) is 6.50. The second-order valence-corrected chi connectivity index (χ2v) is 4.31. The van der Waals surface area contributed by atoms with Gasteiger partial charge in [0.1, 0.15) is 12.1 Å². The Balaban J connectivity index is 2.02. The van der Waals surface area contributed by atoms with Crippen LogP contribution in [0.25, 0.3) is 6.08 Å². The first kappa shape index (κ1) is 14.0. The van der Waals surface area contributed by atoms with Crippen LogP contribution in [0.5, 0.6) is 5.75 Å². The highest BCUT2D eigenvalue weighted by Crippen LogP contribution is 2.13. The number of hydrogen-bond acceptors (Lipinski definition) is 4. The molecule has 0 bridgehead atoms. The molecule has 0 amide bonds. The maximum atomic E-state index is 12.0. The van der Waals surface area contributed by atoms with Gasteiger partial charge in [-0.25, -0.2) is 9.67 Å². The molecule has 1 heterocycles. The number of hydrogen-bond donors (Lipinski definition) is 0. The van der Waals surface area contributed by atoms with Crippen molar-refractivity contribution in [2.75, 3.05) is 6.61 Å². The molecule has 0 radical (unpaired) electrons. The highest BCUT2D eigenvalue weighted by atomic mass is 16.5. The number of rotatable bonds is 6. The number of aromatic nitrogens is 3. The molecule has 5 nitrogen and oxygen atoms in total. The fourth-order valence-electron chi connectivity index (χ4n) is 1.64. The van der Waals surface area contributed by atoms with E-state index in [1.54, 1.807) is 42.1 Å². The van der Waals surface area contributed by atoms with Gasteiger partial charge >= 0.3 is 0 Å². The van der Waals surface area contributed by atoms with Gasteiger partial charge in [-0.05, 0) is 42.8 Å². The van der Waals surface area contributed by atoms with E-state index < -0.39 is 0 Å². The molecule has 0 saturated heterocycles. The zero-order valence-electron chi connectivity index (χ0n) is 11.6. The molecular weight excluding hydrogens is 254 g/mol. The van der Waals surface area contributed by atoms with Gasteiger partial charge < -0.3 is 4.74 Å².